The van der Waals surface area contributed by atoms with Crippen LogP contribution in [0.2, 0.25) is 5.02 Å². The largest absolute Gasteiger partial charge is 0.497 e. The number of carbonyl (C=O) groups excluding carboxylic acids is 1. The number of halogens is 1. The average molecular weight is 361 g/mol. The molecular formula is C17H13ClN2O3S. The maximum absolute atomic E-state index is 12.2. The molecule has 3 aromatic rings. The third-order valence-electron chi connectivity index (χ3n) is 3.20. The fraction of sp³-hybridized carbons (Fsp3) is 0.118. The van der Waals surface area contributed by atoms with Crippen LogP contribution in [0.3, 0.4) is 0 Å². The van der Waals surface area contributed by atoms with E-state index in [0.29, 0.717) is 27.4 Å². The smallest absolute Gasteiger partial charge is 0.277 e. The van der Waals surface area contributed by atoms with Crippen LogP contribution in [0, 0.1) is 0 Å². The molecule has 0 bridgehead atoms. The van der Waals surface area contributed by atoms with Crippen molar-refractivity contribution in [3.05, 3.63) is 59.1 Å². The number of Topliss-reactive ketones (excluding diaryl/α,β-unsaturated/α-hetero) is 1. The van der Waals surface area contributed by atoms with Crippen molar-refractivity contribution >= 4 is 29.1 Å². The number of ketones is 1. The Kier molecular flexibility index (Phi) is 5.17. The molecule has 1 heterocycles. The molecule has 0 aliphatic carbocycles. The van der Waals surface area contributed by atoms with Crippen LogP contribution in [0.25, 0.3) is 11.5 Å². The molecule has 5 nitrogen and oxygen atoms in total. The fourth-order valence-electron chi connectivity index (χ4n) is 2.01. The van der Waals surface area contributed by atoms with Crippen molar-refractivity contribution < 1.29 is 13.9 Å². The zero-order chi connectivity index (χ0) is 16.9. The highest BCUT2D eigenvalue weighted by Gasteiger charge is 2.13. The molecule has 3 rings (SSSR count). The van der Waals surface area contributed by atoms with E-state index in [2.05, 4.69) is 10.2 Å². The second-order valence-corrected chi connectivity index (χ2v) is 6.19. The summed E-state index contributed by atoms with van der Waals surface area (Å²) in [5.41, 5.74) is 1.32. The lowest BCUT2D eigenvalue weighted by Gasteiger charge is -2.02. The van der Waals surface area contributed by atoms with Crippen molar-refractivity contribution in [2.75, 3.05) is 12.9 Å². The van der Waals surface area contributed by atoms with Gasteiger partial charge in [-0.1, -0.05) is 41.6 Å². The second kappa shape index (κ2) is 7.51. The van der Waals surface area contributed by atoms with Gasteiger partial charge in [0.1, 0.15) is 5.75 Å². The first-order valence-electron chi connectivity index (χ1n) is 7.05. The van der Waals surface area contributed by atoms with Crippen molar-refractivity contribution in [1.82, 2.24) is 10.2 Å². The van der Waals surface area contributed by atoms with E-state index in [1.807, 2.05) is 6.07 Å². The summed E-state index contributed by atoms with van der Waals surface area (Å²) in [5, 5.41) is 8.85. The number of benzene rings is 2. The Morgan fingerprint density at radius 3 is 2.83 bits per heavy atom. The van der Waals surface area contributed by atoms with Crippen LogP contribution in [-0.4, -0.2) is 28.8 Å². The van der Waals surface area contributed by atoms with Crippen LogP contribution in [-0.2, 0) is 0 Å². The molecule has 2 aromatic carbocycles. The van der Waals surface area contributed by atoms with Crippen molar-refractivity contribution in [3.8, 4) is 17.2 Å². The average Bonchev–Trinajstić information content (AvgIpc) is 3.09. The van der Waals surface area contributed by atoms with E-state index >= 15 is 0 Å². The molecule has 0 spiro atoms. The van der Waals surface area contributed by atoms with Crippen molar-refractivity contribution in [2.24, 2.45) is 0 Å². The lowest BCUT2D eigenvalue weighted by molar-refractivity contribution is 0.102. The molecule has 1 aromatic heterocycles. The SMILES string of the molecule is COc1cccc(C(=O)CSc2nnc(-c3cccc(Cl)c3)o2)c1. The highest BCUT2D eigenvalue weighted by molar-refractivity contribution is 7.99. The number of rotatable bonds is 6. The summed E-state index contributed by atoms with van der Waals surface area (Å²) in [6.45, 7) is 0. The predicted octanol–water partition coefficient (Wildman–Crippen LogP) is 4.37. The number of hydrogen-bond donors (Lipinski definition) is 0. The van der Waals surface area contributed by atoms with Crippen LogP contribution < -0.4 is 4.74 Å². The number of carbonyl (C=O) groups is 1. The molecule has 7 heteroatoms. The molecule has 0 unspecified atom stereocenters. The predicted molar refractivity (Wildman–Crippen MR) is 92.8 cm³/mol. The molecule has 24 heavy (non-hydrogen) atoms. The molecule has 0 amide bonds. The number of aromatic nitrogens is 2. The summed E-state index contributed by atoms with van der Waals surface area (Å²) < 4.78 is 10.7. The zero-order valence-electron chi connectivity index (χ0n) is 12.7. The van der Waals surface area contributed by atoms with Crippen LogP contribution in [0.5, 0.6) is 5.75 Å². The van der Waals surface area contributed by atoms with Crippen LogP contribution in [0.4, 0.5) is 0 Å². The number of thioether (sulfide) groups is 1. The van der Waals surface area contributed by atoms with E-state index in [-0.39, 0.29) is 11.5 Å². The molecule has 0 atom stereocenters. The Bertz CT molecular complexity index is 866. The van der Waals surface area contributed by atoms with Gasteiger partial charge in [0.25, 0.3) is 5.22 Å². The Labute approximate surface area is 148 Å². The summed E-state index contributed by atoms with van der Waals surface area (Å²) in [6.07, 6.45) is 0. The Hall–Kier alpha value is -2.31. The van der Waals surface area contributed by atoms with Crippen molar-refractivity contribution in [1.29, 1.82) is 0 Å². The summed E-state index contributed by atoms with van der Waals surface area (Å²) in [5.74, 6) is 1.17. The minimum atomic E-state index is -0.0404. The van der Waals surface area contributed by atoms with Gasteiger partial charge in [-0.3, -0.25) is 4.79 Å². The van der Waals surface area contributed by atoms with E-state index in [1.165, 1.54) is 11.8 Å². The van der Waals surface area contributed by atoms with Gasteiger partial charge in [0.2, 0.25) is 5.89 Å². The first-order chi connectivity index (χ1) is 11.7. The zero-order valence-corrected chi connectivity index (χ0v) is 14.3. The van der Waals surface area contributed by atoms with Gasteiger partial charge < -0.3 is 9.15 Å². The Balaban J connectivity index is 1.66. The quantitative estimate of drug-likeness (QED) is 0.480. The Morgan fingerprint density at radius 1 is 1.21 bits per heavy atom. The monoisotopic (exact) mass is 360 g/mol. The molecule has 0 aliphatic rings. The minimum absolute atomic E-state index is 0.0404. The molecule has 0 radical (unpaired) electrons. The van der Waals surface area contributed by atoms with E-state index in [4.69, 9.17) is 20.8 Å². The summed E-state index contributed by atoms with van der Waals surface area (Å²) >= 11 is 7.14. The normalized spacial score (nSPS) is 10.6. The summed E-state index contributed by atoms with van der Waals surface area (Å²) in [6, 6.07) is 14.2. The van der Waals surface area contributed by atoms with Gasteiger partial charge in [0, 0.05) is 16.1 Å². The van der Waals surface area contributed by atoms with E-state index < -0.39 is 0 Å². The van der Waals surface area contributed by atoms with Crippen LogP contribution >= 0.6 is 23.4 Å². The topological polar surface area (TPSA) is 65.2 Å². The molecule has 0 saturated carbocycles. The van der Waals surface area contributed by atoms with Gasteiger partial charge >= 0.3 is 0 Å². The van der Waals surface area contributed by atoms with E-state index in [0.717, 1.165) is 5.56 Å². The van der Waals surface area contributed by atoms with E-state index in [9.17, 15) is 4.79 Å². The second-order valence-electron chi connectivity index (χ2n) is 4.83. The highest BCUT2D eigenvalue weighted by atomic mass is 35.5. The lowest BCUT2D eigenvalue weighted by atomic mass is 10.1. The van der Waals surface area contributed by atoms with Gasteiger partial charge in [-0.2, -0.15) is 0 Å². The molecular weight excluding hydrogens is 348 g/mol. The molecule has 122 valence electrons. The maximum Gasteiger partial charge on any atom is 0.277 e. The molecule has 0 fully saturated rings. The van der Waals surface area contributed by atoms with Crippen molar-refractivity contribution in [2.45, 2.75) is 5.22 Å². The van der Waals surface area contributed by atoms with Gasteiger partial charge in [0.05, 0.1) is 12.9 Å². The number of methoxy groups -OCH3 is 1. The third-order valence-corrected chi connectivity index (χ3v) is 4.25. The van der Waals surface area contributed by atoms with Crippen LogP contribution in [0.15, 0.2) is 58.2 Å². The summed E-state index contributed by atoms with van der Waals surface area (Å²) in [7, 11) is 1.56. The van der Waals surface area contributed by atoms with Gasteiger partial charge in [-0.05, 0) is 30.3 Å². The lowest BCUT2D eigenvalue weighted by Crippen LogP contribution is -2.02. The highest BCUT2D eigenvalue weighted by Crippen LogP contribution is 2.25. The first-order valence-corrected chi connectivity index (χ1v) is 8.41. The standard InChI is InChI=1S/C17H13ClN2O3S/c1-22-14-7-3-4-11(9-14)15(21)10-24-17-20-19-16(23-17)12-5-2-6-13(18)8-12/h2-9H,10H2,1H3. The molecule has 0 saturated heterocycles. The van der Waals surface area contributed by atoms with E-state index in [1.54, 1.807) is 49.6 Å². The fourth-order valence-corrected chi connectivity index (χ4v) is 2.86. The van der Waals surface area contributed by atoms with Gasteiger partial charge in [-0.25, -0.2) is 0 Å². The van der Waals surface area contributed by atoms with Gasteiger partial charge in [0.15, 0.2) is 5.78 Å². The van der Waals surface area contributed by atoms with Gasteiger partial charge in [-0.15, -0.1) is 10.2 Å². The Morgan fingerprint density at radius 2 is 2.04 bits per heavy atom. The van der Waals surface area contributed by atoms with Crippen molar-refractivity contribution in [3.63, 3.8) is 0 Å². The first kappa shape index (κ1) is 16.5. The number of ether oxygens (including phenoxy) is 1. The maximum atomic E-state index is 12.2. The number of hydrogen-bond acceptors (Lipinski definition) is 6. The number of nitrogens with zero attached hydrogens (tertiary/aromatic N) is 2. The minimum Gasteiger partial charge on any atom is -0.497 e. The molecule has 0 aliphatic heterocycles. The molecule has 0 N–H and O–H groups in total. The van der Waals surface area contributed by atoms with Crippen LogP contribution in [0.1, 0.15) is 10.4 Å². The summed E-state index contributed by atoms with van der Waals surface area (Å²) in [4.78, 5) is 12.2. The third kappa shape index (κ3) is 3.96.